The predicted octanol–water partition coefficient (Wildman–Crippen LogP) is 5.36. The van der Waals surface area contributed by atoms with Crippen LogP contribution in [-0.2, 0) is 16.0 Å². The maximum atomic E-state index is 12.8. The molecule has 0 radical (unpaired) electrons. The molecule has 0 heterocycles. The van der Waals surface area contributed by atoms with Gasteiger partial charge in [-0.1, -0.05) is 89.4 Å². The molecule has 6 nitrogen and oxygen atoms in total. The van der Waals surface area contributed by atoms with Crippen LogP contribution < -0.4 is 16.0 Å². The monoisotopic (exact) mass is 537 g/mol. The summed E-state index contributed by atoms with van der Waals surface area (Å²) in [4.78, 5) is 25.0. The molecule has 3 rings (SSSR count). The number of hydrogen-bond acceptors (Lipinski definition) is 4. The summed E-state index contributed by atoms with van der Waals surface area (Å²) in [5.41, 5.74) is 1.53. The van der Waals surface area contributed by atoms with Crippen molar-refractivity contribution < 1.29 is 14.3 Å². The first kappa shape index (κ1) is 26.0. The molecular formula is C24H22Cl3N3O3S. The molecule has 0 saturated heterocycles. The number of carbonyl (C=O) groups excluding carboxylic acids is 2. The maximum absolute atomic E-state index is 12.8. The molecule has 3 aromatic rings. The molecule has 1 amide bonds. The number of para-hydroxylation sites is 1. The van der Waals surface area contributed by atoms with E-state index in [9.17, 15) is 9.59 Å². The first-order chi connectivity index (χ1) is 16.2. The number of halogens is 3. The van der Waals surface area contributed by atoms with Crippen LogP contribution in [0.1, 0.15) is 22.8 Å². The SMILES string of the molecule is CCOC(=O)c1ccccc1NC(=S)NC(NC(=O)Cc1cccc2ccccc12)C(Cl)(Cl)Cl. The van der Waals surface area contributed by atoms with Crippen LogP contribution in [0, 0.1) is 0 Å². The number of fused-ring (bicyclic) bond motifs is 1. The zero-order valence-corrected chi connectivity index (χ0v) is 21.2. The molecule has 10 heteroatoms. The quantitative estimate of drug-likeness (QED) is 0.163. The molecule has 0 aliphatic rings. The van der Waals surface area contributed by atoms with Gasteiger partial charge in [0.05, 0.1) is 24.3 Å². The van der Waals surface area contributed by atoms with E-state index in [-0.39, 0.29) is 24.0 Å². The van der Waals surface area contributed by atoms with Gasteiger partial charge in [-0.2, -0.15) is 0 Å². The van der Waals surface area contributed by atoms with Gasteiger partial charge in [-0.3, -0.25) is 4.79 Å². The summed E-state index contributed by atoms with van der Waals surface area (Å²) in [7, 11) is 0. The number of thiocarbonyl (C=S) groups is 1. The fraction of sp³-hybridized carbons (Fsp3) is 0.208. The summed E-state index contributed by atoms with van der Waals surface area (Å²) < 4.78 is 3.15. The standard InChI is InChI=1S/C24H22Cl3N3O3S/c1-2-33-21(32)18-12-5-6-13-19(18)28-23(34)30-22(24(25,26)27)29-20(31)14-16-10-7-9-15-8-3-4-11-17(15)16/h3-13,22H,2,14H2,1H3,(H,29,31)(H2,28,30,34). The van der Waals surface area contributed by atoms with Gasteiger partial charge in [-0.25, -0.2) is 4.79 Å². The lowest BCUT2D eigenvalue weighted by molar-refractivity contribution is -0.121. The second kappa shape index (κ2) is 11.7. The molecule has 0 aliphatic carbocycles. The van der Waals surface area contributed by atoms with Crippen molar-refractivity contribution >= 4 is 80.5 Å². The van der Waals surface area contributed by atoms with E-state index < -0.39 is 15.9 Å². The summed E-state index contributed by atoms with van der Waals surface area (Å²) in [6.45, 7) is 1.95. The number of nitrogens with one attached hydrogen (secondary N) is 3. The fourth-order valence-corrected chi connectivity index (χ4v) is 3.85. The molecule has 0 bridgehead atoms. The highest BCUT2D eigenvalue weighted by molar-refractivity contribution is 7.80. The van der Waals surface area contributed by atoms with Crippen molar-refractivity contribution in [1.82, 2.24) is 10.6 Å². The molecule has 0 spiro atoms. The minimum absolute atomic E-state index is 0.0403. The zero-order valence-electron chi connectivity index (χ0n) is 18.1. The summed E-state index contributed by atoms with van der Waals surface area (Å²) in [6.07, 6.45) is -1.07. The zero-order chi connectivity index (χ0) is 24.7. The number of amides is 1. The van der Waals surface area contributed by atoms with Crippen LogP contribution in [0.4, 0.5) is 5.69 Å². The molecule has 1 atom stereocenters. The average molecular weight is 539 g/mol. The van der Waals surface area contributed by atoms with Crippen LogP contribution in [0.5, 0.6) is 0 Å². The van der Waals surface area contributed by atoms with Crippen molar-refractivity contribution in [3.8, 4) is 0 Å². The first-order valence-corrected chi connectivity index (χ1v) is 11.9. The van der Waals surface area contributed by atoms with E-state index in [0.29, 0.717) is 11.3 Å². The van der Waals surface area contributed by atoms with Gasteiger partial charge < -0.3 is 20.7 Å². The minimum atomic E-state index is -1.92. The van der Waals surface area contributed by atoms with Crippen LogP contribution in [0.25, 0.3) is 10.8 Å². The molecule has 34 heavy (non-hydrogen) atoms. The highest BCUT2D eigenvalue weighted by Crippen LogP contribution is 2.29. The predicted molar refractivity (Wildman–Crippen MR) is 142 cm³/mol. The van der Waals surface area contributed by atoms with Crippen molar-refractivity contribution in [2.24, 2.45) is 0 Å². The van der Waals surface area contributed by atoms with Gasteiger partial charge in [-0.05, 0) is 47.6 Å². The summed E-state index contributed by atoms with van der Waals surface area (Å²) in [5, 5.41) is 10.4. The van der Waals surface area contributed by atoms with Crippen molar-refractivity contribution in [3.05, 3.63) is 77.9 Å². The van der Waals surface area contributed by atoms with Crippen molar-refractivity contribution in [3.63, 3.8) is 0 Å². The lowest BCUT2D eigenvalue weighted by atomic mass is 10.0. The highest BCUT2D eigenvalue weighted by atomic mass is 35.6. The van der Waals surface area contributed by atoms with Gasteiger partial charge in [0.15, 0.2) is 5.11 Å². The smallest absolute Gasteiger partial charge is 0.340 e. The molecule has 1 unspecified atom stereocenters. The van der Waals surface area contributed by atoms with Crippen molar-refractivity contribution in [1.29, 1.82) is 0 Å². The molecular weight excluding hydrogens is 517 g/mol. The normalized spacial score (nSPS) is 12.0. The molecule has 3 aromatic carbocycles. The first-order valence-electron chi connectivity index (χ1n) is 10.4. The Morgan fingerprint density at radius 1 is 0.971 bits per heavy atom. The number of esters is 1. The number of hydrogen-bond donors (Lipinski definition) is 3. The Bertz CT molecular complexity index is 1200. The van der Waals surface area contributed by atoms with Crippen LogP contribution >= 0.6 is 47.0 Å². The lowest BCUT2D eigenvalue weighted by Crippen LogP contribution is -2.56. The Morgan fingerprint density at radius 2 is 1.65 bits per heavy atom. The largest absolute Gasteiger partial charge is 0.462 e. The minimum Gasteiger partial charge on any atom is -0.462 e. The average Bonchev–Trinajstić information content (AvgIpc) is 2.79. The number of benzene rings is 3. The highest BCUT2D eigenvalue weighted by Gasteiger charge is 2.34. The molecule has 0 saturated carbocycles. The molecule has 0 fully saturated rings. The Hall–Kier alpha value is -2.58. The van der Waals surface area contributed by atoms with E-state index in [4.69, 9.17) is 51.8 Å². The van der Waals surface area contributed by atoms with E-state index >= 15 is 0 Å². The molecule has 0 aliphatic heterocycles. The molecule has 0 aromatic heterocycles. The van der Waals surface area contributed by atoms with Gasteiger partial charge in [-0.15, -0.1) is 0 Å². The molecule has 3 N–H and O–H groups in total. The summed E-state index contributed by atoms with van der Waals surface area (Å²) >= 11 is 23.6. The van der Waals surface area contributed by atoms with E-state index in [1.54, 1.807) is 31.2 Å². The number of ether oxygens (including phenoxy) is 1. The lowest BCUT2D eigenvalue weighted by Gasteiger charge is -2.28. The number of anilines is 1. The van der Waals surface area contributed by atoms with Crippen LogP contribution in [0.3, 0.4) is 0 Å². The number of carbonyl (C=O) groups is 2. The van der Waals surface area contributed by atoms with E-state index in [1.165, 1.54) is 0 Å². The Labute approximate surface area is 217 Å². The maximum Gasteiger partial charge on any atom is 0.340 e. The van der Waals surface area contributed by atoms with Crippen LogP contribution in [0.15, 0.2) is 66.7 Å². The van der Waals surface area contributed by atoms with E-state index in [0.717, 1.165) is 16.3 Å². The Morgan fingerprint density at radius 3 is 2.38 bits per heavy atom. The second-order valence-corrected chi connectivity index (χ2v) is 10.00. The summed E-state index contributed by atoms with van der Waals surface area (Å²) in [6, 6.07) is 20.2. The summed E-state index contributed by atoms with van der Waals surface area (Å²) in [5.74, 6) is -0.871. The van der Waals surface area contributed by atoms with Gasteiger partial charge in [0.1, 0.15) is 6.17 Å². The van der Waals surface area contributed by atoms with Crippen molar-refractivity contribution in [2.45, 2.75) is 23.3 Å². The topological polar surface area (TPSA) is 79.5 Å². The third kappa shape index (κ3) is 6.96. The van der Waals surface area contributed by atoms with Gasteiger partial charge in [0, 0.05) is 0 Å². The van der Waals surface area contributed by atoms with E-state index in [1.807, 2.05) is 42.5 Å². The number of rotatable bonds is 7. The third-order valence-corrected chi connectivity index (χ3v) is 5.68. The fourth-order valence-electron chi connectivity index (χ4n) is 3.30. The van der Waals surface area contributed by atoms with Crippen molar-refractivity contribution in [2.75, 3.05) is 11.9 Å². The molecule has 178 valence electrons. The third-order valence-electron chi connectivity index (χ3n) is 4.81. The Kier molecular flexibility index (Phi) is 8.97. The van der Waals surface area contributed by atoms with Gasteiger partial charge in [0.25, 0.3) is 0 Å². The Balaban J connectivity index is 1.70. The van der Waals surface area contributed by atoms with E-state index in [2.05, 4.69) is 16.0 Å². The van der Waals surface area contributed by atoms with Gasteiger partial charge >= 0.3 is 5.97 Å². The van der Waals surface area contributed by atoms with Gasteiger partial charge in [0.2, 0.25) is 9.70 Å². The van der Waals surface area contributed by atoms with Crippen LogP contribution in [0.2, 0.25) is 0 Å². The number of alkyl halides is 3. The van der Waals surface area contributed by atoms with Crippen LogP contribution in [-0.4, -0.2) is 33.6 Å². The second-order valence-electron chi connectivity index (χ2n) is 7.22.